The molecule has 0 unspecified atom stereocenters. The average Bonchev–Trinajstić information content (AvgIpc) is 3.05. The first-order valence-corrected chi connectivity index (χ1v) is 10.3. The Hall–Kier alpha value is -3.39. The van der Waals surface area contributed by atoms with Gasteiger partial charge in [0.05, 0.1) is 23.5 Å². The molecule has 1 aromatic heterocycles. The largest absolute Gasteiger partial charge is 0.494 e. The van der Waals surface area contributed by atoms with Gasteiger partial charge in [0.25, 0.3) is 0 Å². The second-order valence-corrected chi connectivity index (χ2v) is 8.01. The lowest BCUT2D eigenvalue weighted by Crippen LogP contribution is -2.10. The van der Waals surface area contributed by atoms with Gasteiger partial charge in [-0.05, 0) is 56.1 Å². The van der Waals surface area contributed by atoms with Gasteiger partial charge in [-0.25, -0.2) is 0 Å². The van der Waals surface area contributed by atoms with Crippen LogP contribution < -0.4 is 4.74 Å². The molecule has 4 rings (SSSR count). The molecular weight excluding hydrogens is 408 g/mol. The van der Waals surface area contributed by atoms with E-state index in [0.717, 1.165) is 28.0 Å². The fourth-order valence-corrected chi connectivity index (χ4v) is 3.63. The van der Waals surface area contributed by atoms with Crippen LogP contribution in [0, 0.1) is 11.8 Å². The first kappa shape index (κ1) is 20.9. The van der Waals surface area contributed by atoms with Gasteiger partial charge < -0.3 is 14.4 Å². The van der Waals surface area contributed by atoms with Gasteiger partial charge in [-0.1, -0.05) is 53.8 Å². The first-order valence-electron chi connectivity index (χ1n) is 9.96. The monoisotopic (exact) mass is 430 g/mol. The molecule has 0 bridgehead atoms. The third-order valence-corrected chi connectivity index (χ3v) is 5.09. The molecule has 0 fully saturated rings. The molecule has 1 N–H and O–H groups in total. The molecule has 4 aromatic rings. The molecule has 31 heavy (non-hydrogen) atoms. The Morgan fingerprint density at radius 3 is 2.42 bits per heavy atom. The zero-order valence-electron chi connectivity index (χ0n) is 17.5. The number of hydrogen-bond donors (Lipinski definition) is 1. The van der Waals surface area contributed by atoms with Crippen molar-refractivity contribution in [2.24, 2.45) is 0 Å². The van der Waals surface area contributed by atoms with Crippen molar-refractivity contribution in [3.8, 4) is 29.2 Å². The van der Waals surface area contributed by atoms with Gasteiger partial charge >= 0.3 is 0 Å². The topological polar surface area (TPSA) is 37.6 Å². The van der Waals surface area contributed by atoms with Crippen molar-refractivity contribution in [3.05, 3.63) is 89.1 Å². The maximum absolute atomic E-state index is 10.7. The van der Waals surface area contributed by atoms with E-state index in [1.54, 1.807) is 10.6 Å². The summed E-state index contributed by atoms with van der Waals surface area (Å²) in [6, 6.07) is 21.2. The van der Waals surface area contributed by atoms with Gasteiger partial charge in [0.15, 0.2) is 0 Å². The summed E-state index contributed by atoms with van der Waals surface area (Å²) in [5.41, 5.74) is 1.87. The Labute approximate surface area is 187 Å². The van der Waals surface area contributed by atoms with Crippen LogP contribution in [-0.2, 0) is 6.54 Å². The van der Waals surface area contributed by atoms with Crippen LogP contribution in [0.4, 0.5) is 0 Å². The van der Waals surface area contributed by atoms with Gasteiger partial charge in [0, 0.05) is 17.1 Å². The first-order chi connectivity index (χ1) is 15.0. The van der Waals surface area contributed by atoms with Crippen molar-refractivity contribution in [3.63, 3.8) is 0 Å². The number of ether oxygens (including phenoxy) is 1. The van der Waals surface area contributed by atoms with Crippen LogP contribution in [0.15, 0.2) is 72.9 Å². The van der Waals surface area contributed by atoms with Crippen LogP contribution in [0.1, 0.15) is 11.1 Å². The van der Waals surface area contributed by atoms with E-state index in [1.807, 2.05) is 85.9 Å². The quantitative estimate of drug-likeness (QED) is 0.409. The molecule has 4 nitrogen and oxygen atoms in total. The van der Waals surface area contributed by atoms with Crippen molar-refractivity contribution in [1.82, 2.24) is 9.47 Å². The molecule has 0 atom stereocenters. The van der Waals surface area contributed by atoms with Crippen molar-refractivity contribution in [2.75, 3.05) is 20.6 Å². The number of benzene rings is 3. The van der Waals surface area contributed by atoms with E-state index in [-0.39, 0.29) is 5.88 Å². The van der Waals surface area contributed by atoms with E-state index in [0.29, 0.717) is 23.5 Å². The Kier molecular flexibility index (Phi) is 6.18. The minimum Gasteiger partial charge on any atom is -0.494 e. The van der Waals surface area contributed by atoms with E-state index in [9.17, 15) is 5.11 Å². The van der Waals surface area contributed by atoms with Gasteiger partial charge in [0.2, 0.25) is 5.88 Å². The third kappa shape index (κ3) is 5.03. The Morgan fingerprint density at radius 1 is 1.00 bits per heavy atom. The molecule has 1 heterocycles. The Bertz CT molecular complexity index is 1250. The predicted octanol–water partition coefficient (Wildman–Crippen LogP) is 5.75. The second kappa shape index (κ2) is 9.18. The molecule has 0 aliphatic heterocycles. The highest BCUT2D eigenvalue weighted by Gasteiger charge is 2.13. The summed E-state index contributed by atoms with van der Waals surface area (Å²) in [5, 5.41) is 12.7. The highest BCUT2D eigenvalue weighted by molar-refractivity contribution is 6.36. The lowest BCUT2D eigenvalue weighted by Gasteiger charge is -2.08. The molecule has 0 saturated heterocycles. The smallest absolute Gasteiger partial charge is 0.200 e. The number of nitrogens with zero attached hydrogens (tertiary/aromatic N) is 2. The zero-order chi connectivity index (χ0) is 21.8. The van der Waals surface area contributed by atoms with Gasteiger partial charge in [-0.2, -0.15) is 0 Å². The molecule has 0 spiro atoms. The minimum absolute atomic E-state index is 0.150. The Balaban J connectivity index is 1.54. The lowest BCUT2D eigenvalue weighted by molar-refractivity contribution is 0.430. The van der Waals surface area contributed by atoms with Crippen LogP contribution in [0.3, 0.4) is 0 Å². The molecule has 0 radical (unpaired) electrons. The molecule has 3 aromatic carbocycles. The minimum atomic E-state index is 0.150. The second-order valence-electron chi connectivity index (χ2n) is 7.60. The molecule has 5 heteroatoms. The SMILES string of the molecule is CN(C)CC#Cc1cc(Cl)c2c(O)n(Cc3ccc(Oc4ccccc4)cc3)cc2c1. The maximum Gasteiger partial charge on any atom is 0.200 e. The van der Waals surface area contributed by atoms with E-state index < -0.39 is 0 Å². The fourth-order valence-electron chi connectivity index (χ4n) is 3.31. The van der Waals surface area contributed by atoms with E-state index in [2.05, 4.69) is 11.8 Å². The summed E-state index contributed by atoms with van der Waals surface area (Å²) >= 11 is 6.45. The molecular formula is C26H23ClN2O2. The average molecular weight is 431 g/mol. The number of hydrogen-bond acceptors (Lipinski definition) is 3. The summed E-state index contributed by atoms with van der Waals surface area (Å²) in [7, 11) is 3.95. The summed E-state index contributed by atoms with van der Waals surface area (Å²) in [6.45, 7) is 1.19. The zero-order valence-corrected chi connectivity index (χ0v) is 18.2. The highest BCUT2D eigenvalue weighted by atomic mass is 35.5. The van der Waals surface area contributed by atoms with Gasteiger partial charge in [-0.15, -0.1) is 0 Å². The van der Waals surface area contributed by atoms with Crippen molar-refractivity contribution in [1.29, 1.82) is 0 Å². The predicted molar refractivity (Wildman–Crippen MR) is 126 cm³/mol. The number of aromatic nitrogens is 1. The maximum atomic E-state index is 10.7. The van der Waals surface area contributed by atoms with Crippen LogP contribution >= 0.6 is 11.6 Å². The lowest BCUT2D eigenvalue weighted by atomic mass is 10.1. The van der Waals surface area contributed by atoms with E-state index in [4.69, 9.17) is 16.3 Å². The van der Waals surface area contributed by atoms with Crippen LogP contribution in [0.2, 0.25) is 5.02 Å². The summed E-state index contributed by atoms with van der Waals surface area (Å²) in [6.07, 6.45) is 1.90. The van der Waals surface area contributed by atoms with Crippen molar-refractivity contribution < 1.29 is 9.84 Å². The summed E-state index contributed by atoms with van der Waals surface area (Å²) in [5.74, 6) is 7.96. The number of rotatable bonds is 5. The standard InChI is InChI=1S/C26H23ClN2O2/c1-28(2)14-6-7-20-15-21-18-29(26(30)25(21)24(27)16-20)17-19-10-12-23(13-11-19)31-22-8-4-3-5-9-22/h3-5,8-13,15-16,18,30H,14,17H2,1-2H3. The van der Waals surface area contributed by atoms with Crippen molar-refractivity contribution >= 4 is 22.4 Å². The molecule has 0 aliphatic carbocycles. The van der Waals surface area contributed by atoms with Gasteiger partial charge in [0.1, 0.15) is 11.5 Å². The molecule has 156 valence electrons. The number of aromatic hydroxyl groups is 1. The van der Waals surface area contributed by atoms with Crippen LogP contribution in [0.25, 0.3) is 10.8 Å². The molecule has 0 aliphatic rings. The van der Waals surface area contributed by atoms with Crippen LogP contribution in [0.5, 0.6) is 17.4 Å². The normalized spacial score (nSPS) is 10.8. The summed E-state index contributed by atoms with van der Waals surface area (Å²) < 4.78 is 7.63. The number of halogens is 1. The van der Waals surface area contributed by atoms with Crippen LogP contribution in [-0.4, -0.2) is 35.2 Å². The molecule has 0 saturated carbocycles. The number of fused-ring (bicyclic) bond motifs is 1. The van der Waals surface area contributed by atoms with Crippen molar-refractivity contribution in [2.45, 2.75) is 6.54 Å². The Morgan fingerprint density at radius 2 is 1.71 bits per heavy atom. The molecule has 0 amide bonds. The van der Waals surface area contributed by atoms with E-state index >= 15 is 0 Å². The number of para-hydroxylation sites is 1. The van der Waals surface area contributed by atoms with E-state index in [1.165, 1.54) is 0 Å². The fraction of sp³-hybridized carbons (Fsp3) is 0.154. The summed E-state index contributed by atoms with van der Waals surface area (Å²) in [4.78, 5) is 2.01. The van der Waals surface area contributed by atoms with Gasteiger partial charge in [-0.3, -0.25) is 4.90 Å². The highest BCUT2D eigenvalue weighted by Crippen LogP contribution is 2.35. The third-order valence-electron chi connectivity index (χ3n) is 4.79.